The second-order valence-electron chi connectivity index (χ2n) is 4.49. The van der Waals surface area contributed by atoms with Gasteiger partial charge in [0.2, 0.25) is 5.91 Å². The van der Waals surface area contributed by atoms with Crippen LogP contribution in [0.5, 0.6) is 0 Å². The Morgan fingerprint density at radius 3 is 2.71 bits per heavy atom. The highest BCUT2D eigenvalue weighted by Gasteiger charge is 2.28. The standard InChI is InChI=1S/C11H19N3O3/c1-4-11(2,7-15)12-10(17)8-5-6-9(16)14(3)13-8/h15H,4-7H2,1-3H3,(H,12,17). The van der Waals surface area contributed by atoms with E-state index in [2.05, 4.69) is 10.4 Å². The van der Waals surface area contributed by atoms with E-state index in [1.165, 1.54) is 12.1 Å². The Bertz CT molecular complexity index is 348. The third-order valence-electron chi connectivity index (χ3n) is 3.01. The number of hydrogen-bond acceptors (Lipinski definition) is 4. The minimum absolute atomic E-state index is 0.0954. The average molecular weight is 241 g/mol. The van der Waals surface area contributed by atoms with Crippen molar-refractivity contribution in [2.75, 3.05) is 13.7 Å². The molecule has 1 atom stereocenters. The Hall–Kier alpha value is -1.43. The van der Waals surface area contributed by atoms with Crippen molar-refractivity contribution in [1.29, 1.82) is 0 Å². The molecule has 2 N–H and O–H groups in total. The zero-order valence-corrected chi connectivity index (χ0v) is 10.5. The van der Waals surface area contributed by atoms with Gasteiger partial charge in [0, 0.05) is 19.9 Å². The number of amides is 2. The van der Waals surface area contributed by atoms with Gasteiger partial charge in [-0.1, -0.05) is 6.92 Å². The number of aliphatic hydroxyl groups is 1. The summed E-state index contributed by atoms with van der Waals surface area (Å²) in [5.74, 6) is -0.412. The van der Waals surface area contributed by atoms with E-state index >= 15 is 0 Å². The number of carbonyl (C=O) groups excluding carboxylic acids is 2. The summed E-state index contributed by atoms with van der Waals surface area (Å²) in [7, 11) is 1.53. The summed E-state index contributed by atoms with van der Waals surface area (Å²) in [5, 5.41) is 17.1. The monoisotopic (exact) mass is 241 g/mol. The molecule has 1 heterocycles. The summed E-state index contributed by atoms with van der Waals surface area (Å²) in [4.78, 5) is 23.1. The van der Waals surface area contributed by atoms with E-state index in [-0.39, 0.29) is 18.4 Å². The molecule has 0 spiro atoms. The van der Waals surface area contributed by atoms with E-state index in [0.29, 0.717) is 25.0 Å². The molecule has 1 aliphatic rings. The molecule has 1 rings (SSSR count). The number of carbonyl (C=O) groups is 2. The fourth-order valence-electron chi connectivity index (χ4n) is 1.42. The zero-order chi connectivity index (χ0) is 13.1. The lowest BCUT2D eigenvalue weighted by molar-refractivity contribution is -0.130. The quantitative estimate of drug-likeness (QED) is 0.719. The lowest BCUT2D eigenvalue weighted by Crippen LogP contribution is -2.51. The van der Waals surface area contributed by atoms with Crippen molar-refractivity contribution in [3.8, 4) is 0 Å². The SMILES string of the molecule is CCC(C)(CO)NC(=O)C1=NN(C)C(=O)CC1. The molecule has 2 amide bonds. The first-order valence-electron chi connectivity index (χ1n) is 5.69. The molecular formula is C11H19N3O3. The van der Waals surface area contributed by atoms with Crippen LogP contribution in [0.1, 0.15) is 33.1 Å². The number of hydrazone groups is 1. The summed E-state index contributed by atoms with van der Waals surface area (Å²) in [6, 6.07) is 0. The maximum atomic E-state index is 11.9. The second kappa shape index (κ2) is 5.27. The molecule has 0 aliphatic carbocycles. The topological polar surface area (TPSA) is 82.0 Å². The zero-order valence-electron chi connectivity index (χ0n) is 10.5. The molecule has 0 aromatic carbocycles. The van der Waals surface area contributed by atoms with Gasteiger partial charge in [0.1, 0.15) is 5.71 Å². The van der Waals surface area contributed by atoms with Gasteiger partial charge in [-0.2, -0.15) is 5.10 Å². The Morgan fingerprint density at radius 1 is 1.59 bits per heavy atom. The van der Waals surface area contributed by atoms with Gasteiger partial charge in [-0.3, -0.25) is 9.59 Å². The Morgan fingerprint density at radius 2 is 2.24 bits per heavy atom. The first-order chi connectivity index (χ1) is 7.91. The lowest BCUT2D eigenvalue weighted by Gasteiger charge is -2.28. The Labute approximate surface area is 101 Å². The molecule has 6 heteroatoms. The van der Waals surface area contributed by atoms with Gasteiger partial charge in [0.25, 0.3) is 5.91 Å². The molecule has 6 nitrogen and oxygen atoms in total. The first-order valence-corrected chi connectivity index (χ1v) is 5.69. The molecule has 0 bridgehead atoms. The van der Waals surface area contributed by atoms with Gasteiger partial charge < -0.3 is 10.4 Å². The van der Waals surface area contributed by atoms with Crippen molar-refractivity contribution in [1.82, 2.24) is 10.3 Å². The van der Waals surface area contributed by atoms with Crippen LogP contribution < -0.4 is 5.32 Å². The minimum Gasteiger partial charge on any atom is -0.394 e. The van der Waals surface area contributed by atoms with Gasteiger partial charge >= 0.3 is 0 Å². The first kappa shape index (κ1) is 13.6. The fraction of sp³-hybridized carbons (Fsp3) is 0.727. The summed E-state index contributed by atoms with van der Waals surface area (Å²) in [6.45, 7) is 3.52. The Kier molecular flexibility index (Phi) is 4.22. The summed E-state index contributed by atoms with van der Waals surface area (Å²) < 4.78 is 0. The lowest BCUT2D eigenvalue weighted by atomic mass is 9.99. The van der Waals surface area contributed by atoms with E-state index in [0.717, 1.165) is 0 Å². The van der Waals surface area contributed by atoms with Crippen LogP contribution >= 0.6 is 0 Å². The minimum atomic E-state index is -0.639. The molecule has 0 aromatic rings. The number of hydrogen-bond donors (Lipinski definition) is 2. The molecule has 0 radical (unpaired) electrons. The number of nitrogens with zero attached hydrogens (tertiary/aromatic N) is 2. The van der Waals surface area contributed by atoms with E-state index in [9.17, 15) is 14.7 Å². The van der Waals surface area contributed by atoms with Gasteiger partial charge in [-0.25, -0.2) is 5.01 Å². The van der Waals surface area contributed by atoms with Crippen molar-refractivity contribution in [3.63, 3.8) is 0 Å². The summed E-state index contributed by atoms with van der Waals surface area (Å²) in [6.07, 6.45) is 1.27. The van der Waals surface area contributed by atoms with Crippen molar-refractivity contribution in [3.05, 3.63) is 0 Å². The third kappa shape index (κ3) is 3.26. The third-order valence-corrected chi connectivity index (χ3v) is 3.01. The van der Waals surface area contributed by atoms with Gasteiger partial charge in [0.05, 0.1) is 12.1 Å². The highest BCUT2D eigenvalue weighted by molar-refractivity contribution is 6.39. The molecule has 0 saturated heterocycles. The molecule has 0 fully saturated rings. The van der Waals surface area contributed by atoms with Crippen molar-refractivity contribution < 1.29 is 14.7 Å². The van der Waals surface area contributed by atoms with Crippen LogP contribution in [0.2, 0.25) is 0 Å². The van der Waals surface area contributed by atoms with Gasteiger partial charge in [-0.15, -0.1) is 0 Å². The van der Waals surface area contributed by atoms with Crippen LogP contribution in [0.4, 0.5) is 0 Å². The van der Waals surface area contributed by atoms with E-state index < -0.39 is 5.54 Å². The highest BCUT2D eigenvalue weighted by Crippen LogP contribution is 2.11. The molecular weight excluding hydrogens is 222 g/mol. The Balaban J connectivity index is 2.72. The maximum Gasteiger partial charge on any atom is 0.268 e. The number of nitrogens with one attached hydrogen (secondary N) is 1. The van der Waals surface area contributed by atoms with Crippen molar-refractivity contribution in [2.24, 2.45) is 5.10 Å². The van der Waals surface area contributed by atoms with Crippen molar-refractivity contribution in [2.45, 2.75) is 38.6 Å². The second-order valence-corrected chi connectivity index (χ2v) is 4.49. The molecule has 17 heavy (non-hydrogen) atoms. The van der Waals surface area contributed by atoms with Crippen LogP contribution in [0.15, 0.2) is 5.10 Å². The summed E-state index contributed by atoms with van der Waals surface area (Å²) in [5.41, 5.74) is -0.306. The van der Waals surface area contributed by atoms with E-state index in [4.69, 9.17) is 0 Å². The molecule has 1 unspecified atom stereocenters. The van der Waals surface area contributed by atoms with Crippen LogP contribution in [-0.4, -0.2) is 46.8 Å². The molecule has 1 aliphatic heterocycles. The van der Waals surface area contributed by atoms with Crippen LogP contribution in [0.3, 0.4) is 0 Å². The van der Waals surface area contributed by atoms with E-state index in [1.54, 1.807) is 6.92 Å². The fourth-order valence-corrected chi connectivity index (χ4v) is 1.42. The van der Waals surface area contributed by atoms with Crippen molar-refractivity contribution >= 4 is 17.5 Å². The van der Waals surface area contributed by atoms with Gasteiger partial charge in [0.15, 0.2) is 0 Å². The van der Waals surface area contributed by atoms with E-state index in [1.807, 2.05) is 6.92 Å². The molecule has 0 aromatic heterocycles. The smallest absolute Gasteiger partial charge is 0.268 e. The van der Waals surface area contributed by atoms with Gasteiger partial charge in [-0.05, 0) is 13.3 Å². The predicted octanol–water partition coefficient (Wildman–Crippen LogP) is -0.128. The average Bonchev–Trinajstić information content (AvgIpc) is 2.32. The normalized spacial score (nSPS) is 19.6. The highest BCUT2D eigenvalue weighted by atomic mass is 16.3. The largest absolute Gasteiger partial charge is 0.394 e. The van der Waals surface area contributed by atoms with Crippen LogP contribution in [-0.2, 0) is 9.59 Å². The predicted molar refractivity (Wildman–Crippen MR) is 63.4 cm³/mol. The summed E-state index contributed by atoms with van der Waals surface area (Å²) >= 11 is 0. The molecule has 96 valence electrons. The number of aliphatic hydroxyl groups excluding tert-OH is 1. The number of rotatable bonds is 4. The molecule has 0 saturated carbocycles. The van der Waals surface area contributed by atoms with Crippen LogP contribution in [0.25, 0.3) is 0 Å². The van der Waals surface area contributed by atoms with Crippen LogP contribution in [0, 0.1) is 0 Å². The maximum absolute atomic E-state index is 11.9.